The van der Waals surface area contributed by atoms with Crippen molar-refractivity contribution in [2.45, 2.75) is 0 Å². The van der Waals surface area contributed by atoms with Crippen LogP contribution in [0.5, 0.6) is 0 Å². The van der Waals surface area contributed by atoms with Crippen LogP contribution < -0.4 is 0 Å². The van der Waals surface area contributed by atoms with Gasteiger partial charge in [-0.15, -0.1) is 0 Å². The maximum atomic E-state index is 6.31. The summed E-state index contributed by atoms with van der Waals surface area (Å²) in [6.07, 6.45) is 1.72. The zero-order chi connectivity index (χ0) is 25.0. The van der Waals surface area contributed by atoms with Crippen molar-refractivity contribution in [2.24, 2.45) is 0 Å². The molecule has 0 atom stereocenters. The Kier molecular flexibility index (Phi) is 6.24. The summed E-state index contributed by atoms with van der Waals surface area (Å²) in [6.45, 7) is 0. The summed E-state index contributed by atoms with van der Waals surface area (Å²) in [6, 6.07) is 40.4. The summed E-state index contributed by atoms with van der Waals surface area (Å²) in [7, 11) is 0. The maximum Gasteiger partial charge on any atom is 0.164 e. The summed E-state index contributed by atoms with van der Waals surface area (Å²) in [5, 5.41) is 0.430. The van der Waals surface area contributed by atoms with E-state index in [4.69, 9.17) is 26.6 Å². The van der Waals surface area contributed by atoms with Crippen molar-refractivity contribution in [2.75, 3.05) is 0 Å². The average Bonchev–Trinajstić information content (AvgIpc) is 2.98. The van der Waals surface area contributed by atoms with Crippen LogP contribution in [0.1, 0.15) is 0 Å². The lowest BCUT2D eigenvalue weighted by atomic mass is 9.94. The van der Waals surface area contributed by atoms with E-state index < -0.39 is 0 Å². The van der Waals surface area contributed by atoms with E-state index >= 15 is 0 Å². The van der Waals surface area contributed by atoms with E-state index in [9.17, 15) is 0 Å². The third kappa shape index (κ3) is 4.88. The molecule has 4 nitrogen and oxygen atoms in total. The number of rotatable bonds is 5. The molecule has 4 aromatic carbocycles. The minimum absolute atomic E-state index is 0.430. The summed E-state index contributed by atoms with van der Waals surface area (Å²) < 4.78 is 0. The summed E-state index contributed by atoms with van der Waals surface area (Å²) in [5.41, 5.74) is 6.87. The lowest BCUT2D eigenvalue weighted by Gasteiger charge is -2.14. The molecule has 176 valence electrons. The normalized spacial score (nSPS) is 10.8. The Morgan fingerprint density at radius 2 is 0.946 bits per heavy atom. The Morgan fingerprint density at radius 1 is 0.405 bits per heavy atom. The molecule has 0 amide bonds. The zero-order valence-corrected chi connectivity index (χ0v) is 20.5. The molecule has 0 N–H and O–H groups in total. The van der Waals surface area contributed by atoms with Gasteiger partial charge in [0.2, 0.25) is 0 Å². The van der Waals surface area contributed by atoms with E-state index in [1.807, 2.05) is 91.0 Å². The van der Waals surface area contributed by atoms with Gasteiger partial charge in [0, 0.05) is 22.9 Å². The molecule has 0 aliphatic carbocycles. The highest BCUT2D eigenvalue weighted by molar-refractivity contribution is 6.29. The number of benzene rings is 4. The van der Waals surface area contributed by atoms with Crippen molar-refractivity contribution in [3.8, 4) is 56.4 Å². The average molecular weight is 497 g/mol. The van der Waals surface area contributed by atoms with E-state index in [0.717, 1.165) is 38.9 Å². The topological polar surface area (TPSA) is 51.6 Å². The van der Waals surface area contributed by atoms with Gasteiger partial charge in [-0.2, -0.15) is 0 Å². The van der Waals surface area contributed by atoms with E-state index in [1.165, 1.54) is 0 Å². The van der Waals surface area contributed by atoms with Gasteiger partial charge in [-0.25, -0.2) is 19.9 Å². The predicted octanol–water partition coefficient (Wildman–Crippen LogP) is 8.26. The SMILES string of the molecule is Clc1cc(-c2cc(-c3ccccc3)ccc2-c2nc(-c3ccccc3)nc(-c3ccccc3)n2)ccn1. The zero-order valence-electron chi connectivity index (χ0n) is 19.8. The van der Waals surface area contributed by atoms with E-state index in [2.05, 4.69) is 35.3 Å². The molecule has 5 heteroatoms. The molecular formula is C32H21ClN4. The van der Waals surface area contributed by atoms with Crippen molar-refractivity contribution in [1.29, 1.82) is 0 Å². The largest absolute Gasteiger partial charge is 0.245 e. The fourth-order valence-corrected chi connectivity index (χ4v) is 4.46. The van der Waals surface area contributed by atoms with Gasteiger partial charge in [0.05, 0.1) is 0 Å². The molecule has 0 unspecified atom stereocenters. The first kappa shape index (κ1) is 22.8. The smallest absolute Gasteiger partial charge is 0.164 e. The molecule has 0 fully saturated rings. The van der Waals surface area contributed by atoms with E-state index in [0.29, 0.717) is 22.6 Å². The van der Waals surface area contributed by atoms with Crippen LogP contribution in [0.4, 0.5) is 0 Å². The fourth-order valence-electron chi connectivity index (χ4n) is 4.29. The second-order valence-electron chi connectivity index (χ2n) is 8.53. The van der Waals surface area contributed by atoms with Crippen molar-refractivity contribution >= 4 is 11.6 Å². The van der Waals surface area contributed by atoms with Gasteiger partial charge in [0.1, 0.15) is 5.15 Å². The summed E-state index contributed by atoms with van der Waals surface area (Å²) in [5.74, 6) is 1.83. The number of pyridine rings is 1. The van der Waals surface area contributed by atoms with Crippen molar-refractivity contribution < 1.29 is 0 Å². The minimum atomic E-state index is 0.430. The van der Waals surface area contributed by atoms with E-state index in [1.54, 1.807) is 6.20 Å². The first-order valence-electron chi connectivity index (χ1n) is 11.9. The summed E-state index contributed by atoms with van der Waals surface area (Å²) in [4.78, 5) is 18.9. The second-order valence-corrected chi connectivity index (χ2v) is 8.92. The van der Waals surface area contributed by atoms with Crippen molar-refractivity contribution in [3.05, 3.63) is 133 Å². The molecule has 0 bridgehead atoms. The predicted molar refractivity (Wildman–Crippen MR) is 150 cm³/mol. The fraction of sp³-hybridized carbons (Fsp3) is 0. The van der Waals surface area contributed by atoms with Crippen LogP contribution in [0.25, 0.3) is 56.4 Å². The molecule has 2 heterocycles. The third-order valence-electron chi connectivity index (χ3n) is 6.10. The van der Waals surface area contributed by atoms with Crippen LogP contribution in [0.3, 0.4) is 0 Å². The van der Waals surface area contributed by atoms with Crippen LogP contribution in [-0.4, -0.2) is 19.9 Å². The number of hydrogen-bond donors (Lipinski definition) is 0. The van der Waals surface area contributed by atoms with Gasteiger partial charge in [-0.1, -0.05) is 109 Å². The third-order valence-corrected chi connectivity index (χ3v) is 6.31. The van der Waals surface area contributed by atoms with Gasteiger partial charge in [0.25, 0.3) is 0 Å². The Labute approximate surface area is 220 Å². The molecule has 0 saturated carbocycles. The molecule has 6 aromatic rings. The molecule has 0 radical (unpaired) electrons. The quantitative estimate of drug-likeness (QED) is 0.225. The monoisotopic (exact) mass is 496 g/mol. The lowest BCUT2D eigenvalue weighted by Crippen LogP contribution is -2.01. The van der Waals surface area contributed by atoms with Crippen molar-refractivity contribution in [3.63, 3.8) is 0 Å². The molecule has 0 saturated heterocycles. The van der Waals surface area contributed by atoms with Gasteiger partial charge in [-0.3, -0.25) is 0 Å². The minimum Gasteiger partial charge on any atom is -0.245 e. The van der Waals surface area contributed by atoms with Gasteiger partial charge >= 0.3 is 0 Å². The van der Waals surface area contributed by atoms with Gasteiger partial charge < -0.3 is 0 Å². The number of aromatic nitrogens is 4. The lowest BCUT2D eigenvalue weighted by molar-refractivity contribution is 1.07. The number of halogens is 1. The molecular weight excluding hydrogens is 476 g/mol. The highest BCUT2D eigenvalue weighted by Gasteiger charge is 2.17. The van der Waals surface area contributed by atoms with E-state index in [-0.39, 0.29) is 0 Å². The molecule has 0 aliphatic heterocycles. The standard InChI is InChI=1S/C32H21ClN4/c33-29-21-26(18-19-34-29)28-20-25(22-10-4-1-5-11-22)16-17-27(28)32-36-30(23-12-6-2-7-13-23)35-31(37-32)24-14-8-3-9-15-24/h1-21H. The first-order chi connectivity index (χ1) is 18.2. The summed E-state index contributed by atoms with van der Waals surface area (Å²) >= 11 is 6.31. The highest BCUT2D eigenvalue weighted by Crippen LogP contribution is 2.36. The highest BCUT2D eigenvalue weighted by atomic mass is 35.5. The van der Waals surface area contributed by atoms with Crippen LogP contribution in [0.15, 0.2) is 128 Å². The maximum absolute atomic E-state index is 6.31. The van der Waals surface area contributed by atoms with Crippen molar-refractivity contribution in [1.82, 2.24) is 19.9 Å². The molecule has 2 aromatic heterocycles. The molecule has 0 aliphatic rings. The Bertz CT molecular complexity index is 1610. The number of nitrogens with zero attached hydrogens (tertiary/aromatic N) is 4. The van der Waals surface area contributed by atoms with Crippen LogP contribution in [0, 0.1) is 0 Å². The molecule has 37 heavy (non-hydrogen) atoms. The van der Waals surface area contributed by atoms with Gasteiger partial charge in [0.15, 0.2) is 17.5 Å². The second kappa shape index (κ2) is 10.1. The first-order valence-corrected chi connectivity index (χ1v) is 12.3. The number of hydrogen-bond acceptors (Lipinski definition) is 4. The Balaban J connectivity index is 1.59. The molecule has 0 spiro atoms. The Hall–Kier alpha value is -4.67. The van der Waals surface area contributed by atoms with Crippen LogP contribution >= 0.6 is 11.6 Å². The Morgan fingerprint density at radius 3 is 1.51 bits per heavy atom. The van der Waals surface area contributed by atoms with Crippen LogP contribution in [0.2, 0.25) is 5.15 Å². The van der Waals surface area contributed by atoms with Crippen LogP contribution in [-0.2, 0) is 0 Å². The molecule has 6 rings (SSSR count). The van der Waals surface area contributed by atoms with Gasteiger partial charge in [-0.05, 0) is 46.5 Å².